The molecular formula is C16H19N3O4S. The summed E-state index contributed by atoms with van der Waals surface area (Å²) in [5.74, 6) is -1.21. The fourth-order valence-electron chi connectivity index (χ4n) is 3.02. The lowest BCUT2D eigenvalue weighted by atomic mass is 10.0. The molecule has 3 rings (SSSR count). The largest absolute Gasteiger partial charge is 0.543 e. The zero-order chi connectivity index (χ0) is 17.3. The molecule has 3 N–H and O–H groups in total. The van der Waals surface area contributed by atoms with Crippen LogP contribution in [0.3, 0.4) is 0 Å². The Hall–Kier alpha value is -1.90. The van der Waals surface area contributed by atoms with Crippen molar-refractivity contribution in [1.29, 1.82) is 0 Å². The maximum atomic E-state index is 11.9. The number of hydrogen-bond donors (Lipinski definition) is 2. The minimum Gasteiger partial charge on any atom is -0.543 e. The normalized spacial score (nSPS) is 23.1. The maximum absolute atomic E-state index is 11.9. The summed E-state index contributed by atoms with van der Waals surface area (Å²) in [7, 11) is 0. The van der Waals surface area contributed by atoms with Crippen LogP contribution in [0.1, 0.15) is 12.0 Å². The number of aromatic nitrogens is 1. The molecule has 0 aromatic carbocycles. The Labute approximate surface area is 143 Å². The standard InChI is InChI=1S/C16H19N3O4S/c17-12-14(21)19-13(16(22)23)11(9-24-15(12)19)8-18-5-1-3-10(7-18)4-2-6-20/h1,3,5,7,12,15,20H,2,4,6,8-9,17H2. The van der Waals surface area contributed by atoms with Crippen molar-refractivity contribution in [2.75, 3.05) is 12.4 Å². The van der Waals surface area contributed by atoms with E-state index in [0.717, 1.165) is 12.0 Å². The highest BCUT2D eigenvalue weighted by Gasteiger charge is 2.50. The molecule has 0 bridgehead atoms. The van der Waals surface area contributed by atoms with Crippen molar-refractivity contribution in [1.82, 2.24) is 4.90 Å². The van der Waals surface area contributed by atoms with Crippen LogP contribution >= 0.6 is 11.8 Å². The highest BCUT2D eigenvalue weighted by Crippen LogP contribution is 2.39. The zero-order valence-electron chi connectivity index (χ0n) is 13.1. The lowest BCUT2D eigenvalue weighted by molar-refractivity contribution is -0.689. The number of carboxylic acid groups (broad SMARTS) is 1. The van der Waals surface area contributed by atoms with Gasteiger partial charge in [0.15, 0.2) is 18.9 Å². The summed E-state index contributed by atoms with van der Waals surface area (Å²) in [6.07, 6.45) is 5.20. The van der Waals surface area contributed by atoms with Crippen LogP contribution in [0.5, 0.6) is 0 Å². The van der Waals surface area contributed by atoms with Gasteiger partial charge in [0.1, 0.15) is 11.4 Å². The SMILES string of the molecule is NC1C(=O)N2C(C(=O)[O-])=C(C[n+]3cccc(CCCO)c3)CSC12. The van der Waals surface area contributed by atoms with E-state index in [1.54, 1.807) is 0 Å². The third-order valence-corrected chi connectivity index (χ3v) is 5.56. The van der Waals surface area contributed by atoms with Gasteiger partial charge in [0.25, 0.3) is 0 Å². The number of amides is 1. The van der Waals surface area contributed by atoms with Crippen LogP contribution in [0.2, 0.25) is 0 Å². The van der Waals surface area contributed by atoms with Gasteiger partial charge in [-0.15, -0.1) is 11.8 Å². The van der Waals surface area contributed by atoms with Crippen molar-refractivity contribution in [2.45, 2.75) is 30.8 Å². The molecule has 1 saturated heterocycles. The molecular weight excluding hydrogens is 330 g/mol. The van der Waals surface area contributed by atoms with E-state index in [4.69, 9.17) is 10.8 Å². The Kier molecular flexibility index (Phi) is 4.88. The number of thioether (sulfide) groups is 1. The van der Waals surface area contributed by atoms with Crippen LogP contribution in [0, 0.1) is 0 Å². The Balaban J connectivity index is 1.85. The molecule has 1 aromatic heterocycles. The second-order valence-electron chi connectivity index (χ2n) is 5.89. The minimum absolute atomic E-state index is 0.0429. The summed E-state index contributed by atoms with van der Waals surface area (Å²) >= 11 is 1.48. The van der Waals surface area contributed by atoms with E-state index in [9.17, 15) is 14.7 Å². The number of carboxylic acids is 1. The smallest absolute Gasteiger partial charge is 0.248 e. The third-order valence-electron chi connectivity index (χ3n) is 4.20. The van der Waals surface area contributed by atoms with Gasteiger partial charge in [-0.1, -0.05) is 0 Å². The van der Waals surface area contributed by atoms with Crippen LogP contribution in [-0.2, 0) is 22.6 Å². The van der Waals surface area contributed by atoms with Crippen LogP contribution in [-0.4, -0.2) is 45.7 Å². The number of nitrogens with two attached hydrogens (primary N) is 1. The topological polar surface area (TPSA) is 111 Å². The first-order valence-corrected chi connectivity index (χ1v) is 8.80. The molecule has 2 unspecified atom stereocenters. The van der Waals surface area contributed by atoms with E-state index in [1.807, 2.05) is 29.1 Å². The predicted octanol–water partition coefficient (Wildman–Crippen LogP) is -1.85. The van der Waals surface area contributed by atoms with Crippen molar-refractivity contribution < 1.29 is 24.4 Å². The first kappa shape index (κ1) is 16.9. The zero-order valence-corrected chi connectivity index (χ0v) is 13.9. The number of aliphatic hydroxyl groups is 1. The number of aliphatic hydroxyl groups excluding tert-OH is 1. The van der Waals surface area contributed by atoms with E-state index in [0.29, 0.717) is 24.3 Å². The number of β-lactam (4-membered cyclic amide) rings is 1. The first-order chi connectivity index (χ1) is 11.5. The molecule has 1 fully saturated rings. The van der Waals surface area contributed by atoms with Crippen LogP contribution in [0.4, 0.5) is 0 Å². The highest BCUT2D eigenvalue weighted by molar-refractivity contribution is 8.00. The maximum Gasteiger partial charge on any atom is 0.248 e. The van der Waals surface area contributed by atoms with Gasteiger partial charge in [-0.05, 0) is 18.9 Å². The number of fused-ring (bicyclic) bond motifs is 1. The molecule has 2 aliphatic rings. The van der Waals surface area contributed by atoms with Crippen LogP contribution in [0.25, 0.3) is 0 Å². The molecule has 2 aliphatic heterocycles. The van der Waals surface area contributed by atoms with Crippen molar-refractivity contribution in [2.24, 2.45) is 5.73 Å². The lowest BCUT2D eigenvalue weighted by Crippen LogP contribution is -2.69. The van der Waals surface area contributed by atoms with E-state index in [-0.39, 0.29) is 23.6 Å². The molecule has 0 saturated carbocycles. The van der Waals surface area contributed by atoms with Gasteiger partial charge in [-0.2, -0.15) is 0 Å². The predicted molar refractivity (Wildman–Crippen MR) is 85.1 cm³/mol. The Bertz CT molecular complexity index is 706. The fourth-order valence-corrected chi connectivity index (χ4v) is 4.30. The Morgan fingerprint density at radius 1 is 1.54 bits per heavy atom. The number of hydrogen-bond acceptors (Lipinski definition) is 6. The Morgan fingerprint density at radius 3 is 3.04 bits per heavy atom. The molecule has 0 aliphatic carbocycles. The van der Waals surface area contributed by atoms with E-state index in [2.05, 4.69) is 0 Å². The molecule has 2 atom stereocenters. The molecule has 128 valence electrons. The molecule has 3 heterocycles. The summed E-state index contributed by atoms with van der Waals surface area (Å²) in [5, 5.41) is 20.2. The van der Waals surface area contributed by atoms with E-state index >= 15 is 0 Å². The van der Waals surface area contributed by atoms with Crippen molar-refractivity contribution >= 4 is 23.6 Å². The molecule has 8 heteroatoms. The van der Waals surface area contributed by atoms with Crippen molar-refractivity contribution in [3.05, 3.63) is 41.4 Å². The number of aryl methyl sites for hydroxylation is 1. The molecule has 0 spiro atoms. The molecule has 1 aromatic rings. The first-order valence-electron chi connectivity index (χ1n) is 7.75. The van der Waals surface area contributed by atoms with Gasteiger partial charge in [0.05, 0.1) is 11.7 Å². The fraction of sp³-hybridized carbons (Fsp3) is 0.438. The molecule has 0 radical (unpaired) electrons. The molecule has 7 nitrogen and oxygen atoms in total. The Morgan fingerprint density at radius 2 is 2.33 bits per heavy atom. The quantitative estimate of drug-likeness (QED) is 0.461. The summed E-state index contributed by atoms with van der Waals surface area (Å²) in [4.78, 5) is 24.7. The number of carbonyl (C=O) groups excluding carboxylic acids is 2. The van der Waals surface area contributed by atoms with Crippen LogP contribution < -0.4 is 15.4 Å². The van der Waals surface area contributed by atoms with Crippen LogP contribution in [0.15, 0.2) is 35.8 Å². The van der Waals surface area contributed by atoms with Gasteiger partial charge >= 0.3 is 0 Å². The van der Waals surface area contributed by atoms with E-state index < -0.39 is 12.0 Å². The number of pyridine rings is 1. The van der Waals surface area contributed by atoms with Crippen molar-refractivity contribution in [3.8, 4) is 0 Å². The minimum atomic E-state index is -1.34. The van der Waals surface area contributed by atoms with Gasteiger partial charge in [0, 0.05) is 29.6 Å². The number of carbonyl (C=O) groups is 2. The summed E-state index contributed by atoms with van der Waals surface area (Å²) < 4.78 is 1.88. The second kappa shape index (κ2) is 6.92. The average molecular weight is 349 g/mol. The number of aliphatic carboxylic acids is 1. The number of nitrogens with zero attached hydrogens (tertiary/aromatic N) is 2. The number of rotatable bonds is 6. The second-order valence-corrected chi connectivity index (χ2v) is 6.99. The van der Waals surface area contributed by atoms with Gasteiger partial charge in [-0.3, -0.25) is 9.69 Å². The molecule has 1 amide bonds. The summed E-state index contributed by atoms with van der Waals surface area (Å²) in [6.45, 7) is 0.499. The third kappa shape index (κ3) is 3.04. The monoisotopic (exact) mass is 349 g/mol. The van der Waals surface area contributed by atoms with Gasteiger partial charge in [-0.25, -0.2) is 4.57 Å². The average Bonchev–Trinajstić information content (AvgIpc) is 2.59. The van der Waals surface area contributed by atoms with Crippen molar-refractivity contribution in [3.63, 3.8) is 0 Å². The summed E-state index contributed by atoms with van der Waals surface area (Å²) in [6, 6.07) is 3.21. The van der Waals surface area contributed by atoms with E-state index in [1.165, 1.54) is 16.7 Å². The highest BCUT2D eigenvalue weighted by atomic mass is 32.2. The van der Waals surface area contributed by atoms with Gasteiger partial charge < -0.3 is 20.7 Å². The molecule has 24 heavy (non-hydrogen) atoms. The lowest BCUT2D eigenvalue weighted by Gasteiger charge is -2.49. The summed E-state index contributed by atoms with van der Waals surface area (Å²) in [5.41, 5.74) is 7.39. The van der Waals surface area contributed by atoms with Gasteiger partial charge in [0.2, 0.25) is 5.91 Å².